The monoisotopic (exact) mass is 436 g/mol. The summed E-state index contributed by atoms with van der Waals surface area (Å²) >= 11 is 0. The molecule has 6 nitrogen and oxygen atoms in total. The molecule has 32 heavy (non-hydrogen) atoms. The Hall–Kier alpha value is -3.15. The van der Waals surface area contributed by atoms with Gasteiger partial charge in [-0.2, -0.15) is 0 Å². The topological polar surface area (TPSA) is 87.3 Å². The van der Waals surface area contributed by atoms with E-state index in [1.165, 1.54) is 11.1 Å². The standard InChI is InChI=1S/C26H32N2O4/c1-25(2)11-12-26(3,4)18-13-15(7-9-17(18)25)21-20(31-5)10-8-16(22(21)32-6)14-19-23(29)28-24(30)27-19/h7-10,13,29H,11-12,14H2,1-6H3,(H2,27,28,30). The maximum Gasteiger partial charge on any atom is 0.325 e. The number of aromatic hydroxyl groups is 1. The van der Waals surface area contributed by atoms with Gasteiger partial charge >= 0.3 is 5.69 Å². The zero-order valence-electron chi connectivity index (χ0n) is 19.7. The van der Waals surface area contributed by atoms with Crippen molar-refractivity contribution < 1.29 is 14.6 Å². The lowest BCUT2D eigenvalue weighted by Crippen LogP contribution is -2.33. The fourth-order valence-corrected chi connectivity index (χ4v) is 4.90. The van der Waals surface area contributed by atoms with E-state index in [-0.39, 0.29) is 16.7 Å². The van der Waals surface area contributed by atoms with Crippen LogP contribution in [0.2, 0.25) is 0 Å². The third-order valence-electron chi connectivity index (χ3n) is 6.92. The summed E-state index contributed by atoms with van der Waals surface area (Å²) in [6.45, 7) is 9.24. The van der Waals surface area contributed by atoms with Gasteiger partial charge in [-0.3, -0.25) is 4.98 Å². The Kier molecular flexibility index (Phi) is 5.35. The molecule has 1 heterocycles. The average molecular weight is 437 g/mol. The van der Waals surface area contributed by atoms with Crippen LogP contribution in [-0.2, 0) is 17.3 Å². The first-order valence-electron chi connectivity index (χ1n) is 11.0. The van der Waals surface area contributed by atoms with Crippen LogP contribution in [0.15, 0.2) is 35.1 Å². The Morgan fingerprint density at radius 2 is 1.62 bits per heavy atom. The summed E-state index contributed by atoms with van der Waals surface area (Å²) in [5.41, 5.74) is 5.67. The number of hydrogen-bond donors (Lipinski definition) is 3. The van der Waals surface area contributed by atoms with Gasteiger partial charge in [0.05, 0.1) is 25.5 Å². The van der Waals surface area contributed by atoms with Crippen molar-refractivity contribution in [2.45, 2.75) is 57.8 Å². The summed E-state index contributed by atoms with van der Waals surface area (Å²) in [6.07, 6.45) is 2.60. The Labute approximate surface area is 188 Å². The lowest BCUT2D eigenvalue weighted by molar-refractivity contribution is 0.332. The second kappa shape index (κ2) is 7.76. The molecule has 1 aliphatic rings. The van der Waals surface area contributed by atoms with E-state index in [2.05, 4.69) is 55.9 Å². The second-order valence-corrected chi connectivity index (χ2v) is 9.95. The Bertz CT molecular complexity index is 1220. The molecule has 3 aromatic rings. The molecule has 0 bridgehead atoms. The first kappa shape index (κ1) is 22.1. The van der Waals surface area contributed by atoms with Gasteiger partial charge in [-0.1, -0.05) is 52.0 Å². The molecule has 0 fully saturated rings. The fraction of sp³-hybridized carbons (Fsp3) is 0.423. The molecule has 0 saturated carbocycles. The Balaban J connectivity index is 1.90. The number of imidazole rings is 1. The number of nitrogens with one attached hydrogen (secondary N) is 2. The molecule has 0 saturated heterocycles. The number of aromatic amines is 2. The van der Waals surface area contributed by atoms with E-state index in [1.807, 2.05) is 12.1 Å². The van der Waals surface area contributed by atoms with Crippen molar-refractivity contribution >= 4 is 0 Å². The maximum atomic E-state index is 11.6. The first-order valence-corrected chi connectivity index (χ1v) is 11.0. The second-order valence-electron chi connectivity index (χ2n) is 9.95. The molecule has 3 N–H and O–H groups in total. The summed E-state index contributed by atoms with van der Waals surface area (Å²) in [5.74, 6) is 1.22. The van der Waals surface area contributed by atoms with Gasteiger partial charge in [0.2, 0.25) is 5.88 Å². The van der Waals surface area contributed by atoms with Gasteiger partial charge in [-0.25, -0.2) is 4.79 Å². The average Bonchev–Trinajstić information content (AvgIpc) is 3.07. The molecule has 1 aromatic heterocycles. The molecule has 4 rings (SSSR count). The molecule has 0 radical (unpaired) electrons. The van der Waals surface area contributed by atoms with Crippen molar-refractivity contribution in [3.8, 4) is 28.5 Å². The van der Waals surface area contributed by atoms with Crippen LogP contribution in [-0.4, -0.2) is 29.3 Å². The van der Waals surface area contributed by atoms with Gasteiger partial charge in [0.25, 0.3) is 0 Å². The Morgan fingerprint density at radius 3 is 2.22 bits per heavy atom. The van der Waals surface area contributed by atoms with Gasteiger partial charge in [0, 0.05) is 12.0 Å². The number of aromatic nitrogens is 2. The molecule has 170 valence electrons. The van der Waals surface area contributed by atoms with Crippen molar-refractivity contribution in [1.82, 2.24) is 9.97 Å². The lowest BCUT2D eigenvalue weighted by Gasteiger charge is -2.42. The minimum Gasteiger partial charge on any atom is -0.496 e. The molecular weight excluding hydrogens is 404 g/mol. The first-order chi connectivity index (χ1) is 15.1. The van der Waals surface area contributed by atoms with Crippen molar-refractivity contribution in [2.75, 3.05) is 14.2 Å². The van der Waals surface area contributed by atoms with E-state index in [0.717, 1.165) is 29.5 Å². The molecule has 6 heteroatoms. The largest absolute Gasteiger partial charge is 0.496 e. The van der Waals surface area contributed by atoms with Gasteiger partial charge in [-0.05, 0) is 46.4 Å². The lowest BCUT2D eigenvalue weighted by atomic mass is 9.63. The highest BCUT2D eigenvalue weighted by Crippen LogP contribution is 2.49. The minimum absolute atomic E-state index is 0.0787. The van der Waals surface area contributed by atoms with Crippen LogP contribution in [0.5, 0.6) is 17.4 Å². The summed E-state index contributed by atoms with van der Waals surface area (Å²) in [6, 6.07) is 10.5. The number of rotatable bonds is 5. The van der Waals surface area contributed by atoms with Gasteiger partial charge in [0.15, 0.2) is 0 Å². The zero-order chi connectivity index (χ0) is 23.3. The number of hydrogen-bond acceptors (Lipinski definition) is 4. The highest BCUT2D eigenvalue weighted by Gasteiger charge is 2.37. The molecule has 0 amide bonds. The molecule has 0 spiro atoms. The number of fused-ring (bicyclic) bond motifs is 1. The van der Waals surface area contributed by atoms with Gasteiger partial charge in [0.1, 0.15) is 11.5 Å². The van der Waals surface area contributed by atoms with Gasteiger partial charge in [-0.15, -0.1) is 0 Å². The van der Waals surface area contributed by atoms with Gasteiger partial charge < -0.3 is 19.6 Å². The SMILES string of the molecule is COc1ccc(Cc2[nH]c(=O)[nH]c2O)c(OC)c1-c1ccc2c(c1)C(C)(C)CCC2(C)C. The van der Waals surface area contributed by atoms with Crippen LogP contribution in [0.4, 0.5) is 0 Å². The third kappa shape index (κ3) is 3.68. The van der Waals surface area contributed by atoms with Crippen molar-refractivity contribution in [2.24, 2.45) is 0 Å². The fourth-order valence-electron chi connectivity index (χ4n) is 4.90. The number of methoxy groups -OCH3 is 2. The van der Waals surface area contributed by atoms with E-state index in [1.54, 1.807) is 14.2 Å². The normalized spacial score (nSPS) is 16.4. The van der Waals surface area contributed by atoms with Crippen LogP contribution in [0.3, 0.4) is 0 Å². The molecule has 1 aliphatic carbocycles. The molecule has 2 aromatic carbocycles. The quantitative estimate of drug-likeness (QED) is 0.523. The van der Waals surface area contributed by atoms with E-state index >= 15 is 0 Å². The summed E-state index contributed by atoms with van der Waals surface area (Å²) in [4.78, 5) is 16.6. The van der Waals surface area contributed by atoms with E-state index in [9.17, 15) is 9.90 Å². The molecule has 0 aliphatic heterocycles. The van der Waals surface area contributed by atoms with E-state index < -0.39 is 5.69 Å². The third-order valence-corrected chi connectivity index (χ3v) is 6.92. The van der Waals surface area contributed by atoms with Crippen LogP contribution in [0.25, 0.3) is 11.1 Å². The Morgan fingerprint density at radius 1 is 0.938 bits per heavy atom. The number of ether oxygens (including phenoxy) is 2. The smallest absolute Gasteiger partial charge is 0.325 e. The highest BCUT2D eigenvalue weighted by molar-refractivity contribution is 5.80. The maximum absolute atomic E-state index is 11.6. The summed E-state index contributed by atoms with van der Waals surface area (Å²) in [5, 5.41) is 10.0. The molecular formula is C26H32N2O4. The van der Waals surface area contributed by atoms with Crippen LogP contribution < -0.4 is 15.2 Å². The summed E-state index contributed by atoms with van der Waals surface area (Å²) < 4.78 is 11.6. The number of H-pyrrole nitrogens is 2. The van der Waals surface area contributed by atoms with E-state index in [0.29, 0.717) is 23.6 Å². The minimum atomic E-state index is -0.440. The van der Waals surface area contributed by atoms with Crippen molar-refractivity contribution in [1.29, 1.82) is 0 Å². The van der Waals surface area contributed by atoms with Crippen molar-refractivity contribution in [3.63, 3.8) is 0 Å². The molecule has 0 atom stereocenters. The summed E-state index contributed by atoms with van der Waals surface area (Å²) in [7, 11) is 3.28. The van der Waals surface area contributed by atoms with Crippen LogP contribution in [0.1, 0.15) is 62.9 Å². The van der Waals surface area contributed by atoms with E-state index in [4.69, 9.17) is 9.47 Å². The number of benzene rings is 2. The zero-order valence-corrected chi connectivity index (χ0v) is 19.7. The van der Waals surface area contributed by atoms with Crippen molar-refractivity contribution in [3.05, 3.63) is 63.2 Å². The molecule has 0 unspecified atom stereocenters. The van der Waals surface area contributed by atoms with Crippen LogP contribution >= 0.6 is 0 Å². The predicted octanol–water partition coefficient (Wildman–Crippen LogP) is 5.03. The highest BCUT2D eigenvalue weighted by atomic mass is 16.5. The van der Waals surface area contributed by atoms with Crippen LogP contribution in [0, 0.1) is 0 Å². The predicted molar refractivity (Wildman–Crippen MR) is 126 cm³/mol.